The summed E-state index contributed by atoms with van der Waals surface area (Å²) in [6.07, 6.45) is 5.91. The minimum atomic E-state index is 0.414. The van der Waals surface area contributed by atoms with Crippen molar-refractivity contribution in [3.8, 4) is 11.8 Å². The van der Waals surface area contributed by atoms with E-state index in [1.54, 1.807) is 0 Å². The van der Waals surface area contributed by atoms with Gasteiger partial charge in [0, 0.05) is 41.2 Å². The predicted octanol–water partition coefficient (Wildman–Crippen LogP) is 4.77. The maximum absolute atomic E-state index is 6.64. The first-order chi connectivity index (χ1) is 11.1. The zero-order valence-electron chi connectivity index (χ0n) is 13.7. The molecule has 0 spiro atoms. The van der Waals surface area contributed by atoms with Crippen LogP contribution in [-0.4, -0.2) is 18.8 Å². The largest absolute Gasteiger partial charge is 0.364 e. The lowest BCUT2D eigenvalue weighted by molar-refractivity contribution is 0.583. The number of aliphatic imine (C=N–C) groups is 1. The Morgan fingerprint density at radius 2 is 2.13 bits per heavy atom. The van der Waals surface area contributed by atoms with Gasteiger partial charge in [-0.05, 0) is 51.2 Å². The van der Waals surface area contributed by atoms with Gasteiger partial charge in [0.25, 0.3) is 0 Å². The van der Waals surface area contributed by atoms with Crippen LogP contribution >= 0.6 is 11.6 Å². The fourth-order valence-corrected chi connectivity index (χ4v) is 3.78. The molecule has 1 aliphatic carbocycles. The Balaban J connectivity index is 1.60. The normalized spacial score (nSPS) is 22.4. The average molecular weight is 325 g/mol. The Labute approximate surface area is 143 Å². The summed E-state index contributed by atoms with van der Waals surface area (Å²) in [4.78, 5) is 6.93. The molecule has 0 unspecified atom stereocenters. The monoisotopic (exact) mass is 324 g/mol. The minimum absolute atomic E-state index is 0.414. The van der Waals surface area contributed by atoms with Crippen molar-refractivity contribution in [2.24, 2.45) is 10.9 Å². The molecule has 1 fully saturated rings. The first kappa shape index (κ1) is 14.8. The summed E-state index contributed by atoms with van der Waals surface area (Å²) in [5.41, 5.74) is 5.57. The van der Waals surface area contributed by atoms with Gasteiger partial charge in [-0.25, -0.2) is 0 Å². The van der Waals surface area contributed by atoms with E-state index in [1.165, 1.54) is 30.6 Å². The summed E-state index contributed by atoms with van der Waals surface area (Å²) in [6, 6.07) is 4.66. The number of anilines is 1. The molecule has 2 heterocycles. The first-order valence-electron chi connectivity index (χ1n) is 8.48. The van der Waals surface area contributed by atoms with E-state index in [0.717, 1.165) is 40.8 Å². The van der Waals surface area contributed by atoms with Gasteiger partial charge in [0.05, 0.1) is 11.1 Å². The van der Waals surface area contributed by atoms with Gasteiger partial charge in [-0.3, -0.25) is 4.99 Å². The summed E-state index contributed by atoms with van der Waals surface area (Å²) in [5.74, 6) is 7.40. The van der Waals surface area contributed by atoms with Crippen molar-refractivity contribution < 1.29 is 0 Å². The lowest BCUT2D eigenvalue weighted by Crippen LogP contribution is -2.38. The molecule has 3 heteroatoms. The molecule has 0 saturated heterocycles. The Bertz CT molecular complexity index is 775. The lowest BCUT2D eigenvalue weighted by atomic mass is 9.91. The van der Waals surface area contributed by atoms with Gasteiger partial charge in [-0.1, -0.05) is 29.5 Å². The van der Waals surface area contributed by atoms with E-state index in [-0.39, 0.29) is 0 Å². The quantitative estimate of drug-likeness (QED) is 0.715. The molecule has 1 aromatic carbocycles. The highest BCUT2D eigenvalue weighted by atomic mass is 35.5. The van der Waals surface area contributed by atoms with E-state index < -0.39 is 0 Å². The predicted molar refractivity (Wildman–Crippen MR) is 97.5 cm³/mol. The second-order valence-corrected chi connectivity index (χ2v) is 7.13. The van der Waals surface area contributed by atoms with Crippen LogP contribution in [0, 0.1) is 17.8 Å². The molecule has 23 heavy (non-hydrogen) atoms. The van der Waals surface area contributed by atoms with E-state index in [9.17, 15) is 0 Å². The highest BCUT2D eigenvalue weighted by Crippen LogP contribution is 2.49. The van der Waals surface area contributed by atoms with Gasteiger partial charge < -0.3 is 4.90 Å². The van der Waals surface area contributed by atoms with Gasteiger partial charge in [-0.2, -0.15) is 0 Å². The minimum Gasteiger partial charge on any atom is -0.364 e. The topological polar surface area (TPSA) is 15.6 Å². The van der Waals surface area contributed by atoms with Crippen LogP contribution in [-0.2, 0) is 0 Å². The summed E-state index contributed by atoms with van der Waals surface area (Å²) in [5, 5.41) is 0.834. The van der Waals surface area contributed by atoms with Crippen LogP contribution < -0.4 is 4.90 Å². The van der Waals surface area contributed by atoms with Gasteiger partial charge in [0.2, 0.25) is 0 Å². The summed E-state index contributed by atoms with van der Waals surface area (Å²) in [7, 11) is 0. The van der Waals surface area contributed by atoms with Gasteiger partial charge in [-0.15, -0.1) is 0 Å². The fourth-order valence-electron chi connectivity index (χ4n) is 3.41. The zero-order valence-corrected chi connectivity index (χ0v) is 14.5. The Kier molecular flexibility index (Phi) is 3.70. The summed E-state index contributed by atoms with van der Waals surface area (Å²) in [6.45, 7) is 6.33. The molecule has 0 radical (unpaired) electrons. The smallest absolute Gasteiger partial charge is 0.0636 e. The molecule has 3 aliphatic rings. The van der Waals surface area contributed by atoms with Gasteiger partial charge in [0.1, 0.15) is 0 Å². The molecule has 2 nitrogen and oxygen atoms in total. The van der Waals surface area contributed by atoms with Crippen LogP contribution in [0.25, 0.3) is 0 Å². The number of nitrogens with zero attached hydrogens (tertiary/aromatic N) is 2. The Hall–Kier alpha value is -1.72. The molecule has 0 bridgehead atoms. The third-order valence-corrected chi connectivity index (χ3v) is 5.46. The molecule has 4 rings (SSSR count). The third-order valence-electron chi connectivity index (χ3n) is 5.05. The number of hydrogen-bond acceptors (Lipinski definition) is 2. The van der Waals surface area contributed by atoms with Gasteiger partial charge in [0.15, 0.2) is 0 Å². The van der Waals surface area contributed by atoms with Crippen molar-refractivity contribution >= 4 is 23.0 Å². The van der Waals surface area contributed by atoms with E-state index in [2.05, 4.69) is 46.9 Å². The second kappa shape index (κ2) is 5.73. The number of dihydropyridines is 1. The van der Waals surface area contributed by atoms with Crippen LogP contribution in [0.2, 0.25) is 5.02 Å². The lowest BCUT2D eigenvalue weighted by Gasteiger charge is -2.44. The van der Waals surface area contributed by atoms with E-state index in [4.69, 9.17) is 11.6 Å². The summed E-state index contributed by atoms with van der Waals surface area (Å²) < 4.78 is 0. The molecular weight excluding hydrogens is 304 g/mol. The van der Waals surface area contributed by atoms with E-state index in [0.29, 0.717) is 6.04 Å². The van der Waals surface area contributed by atoms with Crippen LogP contribution in [0.1, 0.15) is 50.3 Å². The zero-order chi connectivity index (χ0) is 16.0. The molecule has 1 saturated carbocycles. The Morgan fingerprint density at radius 3 is 2.87 bits per heavy atom. The first-order valence-corrected chi connectivity index (χ1v) is 8.85. The molecule has 0 N–H and O–H groups in total. The van der Waals surface area contributed by atoms with Crippen molar-refractivity contribution in [2.75, 3.05) is 18.0 Å². The van der Waals surface area contributed by atoms with Crippen LogP contribution in [0.3, 0.4) is 0 Å². The molecule has 2 aliphatic heterocycles. The molecule has 0 amide bonds. The van der Waals surface area contributed by atoms with Crippen molar-refractivity contribution in [1.82, 2.24) is 0 Å². The highest BCUT2D eigenvalue weighted by Gasteiger charge is 2.37. The van der Waals surface area contributed by atoms with E-state index in [1.807, 2.05) is 6.92 Å². The number of rotatable bonds is 2. The maximum atomic E-state index is 6.64. The third kappa shape index (κ3) is 2.68. The molecule has 118 valence electrons. The van der Waals surface area contributed by atoms with Crippen molar-refractivity contribution in [3.63, 3.8) is 0 Å². The van der Waals surface area contributed by atoms with Gasteiger partial charge >= 0.3 is 0 Å². The van der Waals surface area contributed by atoms with Crippen LogP contribution in [0.4, 0.5) is 5.69 Å². The molecular formula is C20H21ClN2. The van der Waals surface area contributed by atoms with E-state index >= 15 is 0 Å². The van der Waals surface area contributed by atoms with Crippen molar-refractivity contribution in [1.29, 1.82) is 0 Å². The average Bonchev–Trinajstić information content (AvgIpc) is 3.36. The van der Waals surface area contributed by atoms with Crippen molar-refractivity contribution in [3.05, 3.63) is 39.9 Å². The standard InChI is InChI=1S/C20H21ClN2/c1-13-16(4-3-11-22-13)7-8-17-9-10-18-19(20(17)21)14(2)23(18)12-15-5-6-15/h4,9-10,14-15H,3,5-6,11-12H2,1-2H3/t14-/m1/s1. The number of halogens is 1. The molecule has 0 aromatic heterocycles. The SMILES string of the molecule is CC1=NCCC=C1C#Cc1ccc2c(c1Cl)[C@@H](C)N2CC1CC1. The maximum Gasteiger partial charge on any atom is 0.0636 e. The second-order valence-electron chi connectivity index (χ2n) is 6.76. The van der Waals surface area contributed by atoms with Crippen LogP contribution in [0.5, 0.6) is 0 Å². The number of benzene rings is 1. The highest BCUT2D eigenvalue weighted by molar-refractivity contribution is 6.33. The summed E-state index contributed by atoms with van der Waals surface area (Å²) >= 11 is 6.64. The number of allylic oxidation sites excluding steroid dienone is 1. The van der Waals surface area contributed by atoms with Crippen molar-refractivity contribution in [2.45, 2.75) is 39.2 Å². The Morgan fingerprint density at radius 1 is 1.30 bits per heavy atom. The number of fused-ring (bicyclic) bond motifs is 1. The van der Waals surface area contributed by atoms with Crippen LogP contribution in [0.15, 0.2) is 28.8 Å². The molecule has 1 atom stereocenters. The fraction of sp³-hybridized carbons (Fsp3) is 0.450. The number of hydrogen-bond donors (Lipinski definition) is 0. The molecule has 1 aromatic rings.